The minimum absolute atomic E-state index is 0.852. The van der Waals surface area contributed by atoms with Crippen LogP contribution in [-0.2, 0) is 0 Å². The molecule has 0 aromatic heterocycles. The van der Waals surface area contributed by atoms with Gasteiger partial charge in [0.2, 0.25) is 0 Å². The fraction of sp³-hybridized carbons (Fsp3) is 0.462. The Kier molecular flexibility index (Phi) is 4.42. The number of halogens is 1. The first-order valence-electron chi connectivity index (χ1n) is 5.93. The van der Waals surface area contributed by atoms with Crippen molar-refractivity contribution in [3.05, 3.63) is 22.7 Å². The number of hydrogen-bond acceptors (Lipinski definition) is 3. The second-order valence-electron chi connectivity index (χ2n) is 4.11. The first-order valence-corrected chi connectivity index (χ1v) is 6.73. The van der Waals surface area contributed by atoms with Crippen molar-refractivity contribution in [2.24, 2.45) is 4.99 Å². The molecule has 0 saturated heterocycles. The van der Waals surface area contributed by atoms with E-state index in [4.69, 9.17) is 4.74 Å². The van der Waals surface area contributed by atoms with Gasteiger partial charge in [0.1, 0.15) is 11.6 Å². The highest BCUT2D eigenvalue weighted by atomic mass is 79.9. The summed E-state index contributed by atoms with van der Waals surface area (Å²) in [4.78, 5) is 4.56. The first-order chi connectivity index (χ1) is 8.29. The summed E-state index contributed by atoms with van der Waals surface area (Å²) < 4.78 is 6.26. The van der Waals surface area contributed by atoms with Crippen LogP contribution in [0.3, 0.4) is 0 Å². The van der Waals surface area contributed by atoms with Crippen molar-refractivity contribution in [3.8, 4) is 5.75 Å². The predicted molar refractivity (Wildman–Crippen MR) is 75.1 cm³/mol. The zero-order valence-electron chi connectivity index (χ0n) is 10.0. The molecule has 1 aromatic rings. The van der Waals surface area contributed by atoms with Crippen molar-refractivity contribution in [1.29, 1.82) is 0 Å². The fourth-order valence-corrected chi connectivity index (χ4v) is 2.20. The van der Waals surface area contributed by atoms with Crippen LogP contribution in [0.1, 0.15) is 25.7 Å². The lowest BCUT2D eigenvalue weighted by Crippen LogP contribution is -2.12. The molecule has 1 heterocycles. The van der Waals surface area contributed by atoms with E-state index in [0.29, 0.717) is 0 Å². The maximum absolute atomic E-state index is 5.22. The molecule has 0 spiro atoms. The summed E-state index contributed by atoms with van der Waals surface area (Å²) >= 11 is 3.53. The lowest BCUT2D eigenvalue weighted by molar-refractivity contribution is 0.415. The van der Waals surface area contributed by atoms with Gasteiger partial charge in [-0.3, -0.25) is 4.99 Å². The summed E-state index contributed by atoms with van der Waals surface area (Å²) in [5.74, 6) is 1.93. The quantitative estimate of drug-likeness (QED) is 0.899. The molecule has 0 amide bonds. The molecule has 0 radical (unpaired) electrons. The number of nitrogens with one attached hydrogen (secondary N) is 1. The van der Waals surface area contributed by atoms with Gasteiger partial charge in [-0.25, -0.2) is 0 Å². The van der Waals surface area contributed by atoms with E-state index in [1.165, 1.54) is 19.3 Å². The van der Waals surface area contributed by atoms with Crippen LogP contribution in [0.25, 0.3) is 0 Å². The summed E-state index contributed by atoms with van der Waals surface area (Å²) in [6.45, 7) is 0.934. The average Bonchev–Trinajstić information content (AvgIpc) is 2.60. The van der Waals surface area contributed by atoms with E-state index in [0.717, 1.165) is 34.7 Å². The van der Waals surface area contributed by atoms with E-state index in [1.54, 1.807) is 7.11 Å². The predicted octanol–water partition coefficient (Wildman–Crippen LogP) is 3.84. The van der Waals surface area contributed by atoms with Crippen LogP contribution < -0.4 is 10.1 Å². The standard InChI is InChI=1S/C13H17BrN2O/c1-17-10-6-7-11(14)12(9-10)16-13-5-3-2-4-8-15-13/h6-7,9H,2-5,8H2,1H3,(H,15,16). The third kappa shape index (κ3) is 3.46. The SMILES string of the molecule is COc1ccc(Br)c(NC2=NCCCCC2)c1. The Morgan fingerprint density at radius 1 is 1.29 bits per heavy atom. The average molecular weight is 297 g/mol. The molecule has 0 atom stereocenters. The van der Waals surface area contributed by atoms with Gasteiger partial charge in [-0.2, -0.15) is 0 Å². The number of aliphatic imine (C=N–C) groups is 1. The Bertz CT molecular complexity index is 418. The van der Waals surface area contributed by atoms with Gasteiger partial charge in [-0.1, -0.05) is 6.42 Å². The van der Waals surface area contributed by atoms with E-state index in [1.807, 2.05) is 18.2 Å². The molecule has 3 nitrogen and oxygen atoms in total. The van der Waals surface area contributed by atoms with Gasteiger partial charge in [-0.05, 0) is 40.9 Å². The normalized spacial score (nSPS) is 16.0. The van der Waals surface area contributed by atoms with Crippen molar-refractivity contribution in [2.75, 3.05) is 19.0 Å². The Morgan fingerprint density at radius 3 is 3.00 bits per heavy atom. The Balaban J connectivity index is 2.13. The summed E-state index contributed by atoms with van der Waals surface area (Å²) in [6.07, 6.45) is 4.72. The van der Waals surface area contributed by atoms with E-state index in [2.05, 4.69) is 26.2 Å². The number of hydrogen-bond donors (Lipinski definition) is 1. The zero-order chi connectivity index (χ0) is 12.1. The highest BCUT2D eigenvalue weighted by molar-refractivity contribution is 9.10. The van der Waals surface area contributed by atoms with Gasteiger partial charge >= 0.3 is 0 Å². The second-order valence-corrected chi connectivity index (χ2v) is 4.96. The van der Waals surface area contributed by atoms with Crippen LogP contribution in [0.2, 0.25) is 0 Å². The van der Waals surface area contributed by atoms with Gasteiger partial charge in [0.15, 0.2) is 0 Å². The maximum atomic E-state index is 5.22. The van der Waals surface area contributed by atoms with Gasteiger partial charge in [-0.15, -0.1) is 0 Å². The molecule has 1 aliphatic rings. The van der Waals surface area contributed by atoms with Crippen molar-refractivity contribution < 1.29 is 4.74 Å². The molecule has 0 fully saturated rings. The molecule has 17 heavy (non-hydrogen) atoms. The third-order valence-electron chi connectivity index (χ3n) is 2.83. The molecule has 1 aromatic carbocycles. The van der Waals surface area contributed by atoms with Crippen molar-refractivity contribution in [1.82, 2.24) is 0 Å². The largest absolute Gasteiger partial charge is 0.497 e. The number of rotatable bonds is 2. The molecular formula is C13H17BrN2O. The maximum Gasteiger partial charge on any atom is 0.121 e. The van der Waals surface area contributed by atoms with E-state index in [9.17, 15) is 0 Å². The molecule has 92 valence electrons. The highest BCUT2D eigenvalue weighted by Gasteiger charge is 2.07. The molecule has 0 unspecified atom stereocenters. The van der Waals surface area contributed by atoms with Crippen LogP contribution in [-0.4, -0.2) is 19.5 Å². The first kappa shape index (κ1) is 12.4. The monoisotopic (exact) mass is 296 g/mol. The van der Waals surface area contributed by atoms with Gasteiger partial charge in [0.25, 0.3) is 0 Å². The van der Waals surface area contributed by atoms with Crippen molar-refractivity contribution in [3.63, 3.8) is 0 Å². The third-order valence-corrected chi connectivity index (χ3v) is 3.52. The van der Waals surface area contributed by atoms with E-state index in [-0.39, 0.29) is 0 Å². The summed E-state index contributed by atoms with van der Waals surface area (Å²) in [5, 5.41) is 3.39. The van der Waals surface area contributed by atoms with Gasteiger partial charge < -0.3 is 10.1 Å². The van der Waals surface area contributed by atoms with Gasteiger partial charge in [0.05, 0.1) is 12.8 Å². The molecule has 1 N–H and O–H groups in total. The van der Waals surface area contributed by atoms with Crippen molar-refractivity contribution >= 4 is 27.5 Å². The molecule has 1 aliphatic heterocycles. The minimum atomic E-state index is 0.852. The molecule has 4 heteroatoms. The molecule has 0 saturated carbocycles. The summed E-state index contributed by atoms with van der Waals surface area (Å²) in [7, 11) is 1.68. The molecule has 0 aliphatic carbocycles. The highest BCUT2D eigenvalue weighted by Crippen LogP contribution is 2.27. The zero-order valence-corrected chi connectivity index (χ0v) is 11.6. The molecular weight excluding hydrogens is 280 g/mol. The summed E-state index contributed by atoms with van der Waals surface area (Å²) in [6, 6.07) is 5.90. The number of anilines is 1. The number of benzene rings is 1. The number of nitrogens with zero attached hydrogens (tertiary/aromatic N) is 1. The van der Waals surface area contributed by atoms with E-state index < -0.39 is 0 Å². The van der Waals surface area contributed by atoms with Crippen LogP contribution in [0.4, 0.5) is 5.69 Å². The van der Waals surface area contributed by atoms with Gasteiger partial charge in [0, 0.05) is 23.5 Å². The Morgan fingerprint density at radius 2 is 2.18 bits per heavy atom. The summed E-state index contributed by atoms with van der Waals surface area (Å²) in [5.41, 5.74) is 1.02. The minimum Gasteiger partial charge on any atom is -0.497 e. The van der Waals surface area contributed by atoms with Crippen molar-refractivity contribution in [2.45, 2.75) is 25.7 Å². The Labute approximate surface area is 110 Å². The smallest absolute Gasteiger partial charge is 0.121 e. The van der Waals surface area contributed by atoms with E-state index >= 15 is 0 Å². The van der Waals surface area contributed by atoms with Crippen LogP contribution in [0.5, 0.6) is 5.75 Å². The van der Waals surface area contributed by atoms with Crippen LogP contribution in [0.15, 0.2) is 27.7 Å². The number of amidine groups is 1. The number of ether oxygens (including phenoxy) is 1. The van der Waals surface area contributed by atoms with Crippen LogP contribution >= 0.6 is 15.9 Å². The fourth-order valence-electron chi connectivity index (χ4n) is 1.86. The number of methoxy groups -OCH3 is 1. The lowest BCUT2D eigenvalue weighted by Gasteiger charge is -2.11. The van der Waals surface area contributed by atoms with Crippen LogP contribution in [0, 0.1) is 0 Å². The lowest BCUT2D eigenvalue weighted by atomic mass is 10.2. The Hall–Kier alpha value is -1.03. The topological polar surface area (TPSA) is 33.6 Å². The molecule has 2 rings (SSSR count). The molecule has 0 bridgehead atoms. The second kappa shape index (κ2) is 6.05.